The lowest BCUT2D eigenvalue weighted by atomic mass is 10.0. The number of fused-ring (bicyclic) bond motifs is 1. The van der Waals surface area contributed by atoms with Crippen molar-refractivity contribution in [1.29, 1.82) is 0 Å². The number of hydrogen-bond donors (Lipinski definition) is 3. The maximum atomic E-state index is 13.4. The number of β-amino-alcohol motifs (C(OH)–C–C–N with tert-alkyl or cyclic N) is 1. The molecule has 0 bridgehead atoms. The van der Waals surface area contributed by atoms with Crippen LogP contribution < -0.4 is 15.5 Å². The molecule has 0 spiro atoms. The van der Waals surface area contributed by atoms with Crippen molar-refractivity contribution in [2.45, 2.75) is 96.5 Å². The highest BCUT2D eigenvalue weighted by molar-refractivity contribution is 5.86. The van der Waals surface area contributed by atoms with Crippen LogP contribution in [0.25, 0.3) is 0 Å². The quantitative estimate of drug-likeness (QED) is 0.536. The summed E-state index contributed by atoms with van der Waals surface area (Å²) in [6.45, 7) is 10.9. The van der Waals surface area contributed by atoms with Gasteiger partial charge in [-0.2, -0.15) is 4.98 Å². The van der Waals surface area contributed by atoms with Crippen LogP contribution in [-0.2, 0) is 17.6 Å². The van der Waals surface area contributed by atoms with Crippen molar-refractivity contribution >= 4 is 23.5 Å². The lowest BCUT2D eigenvalue weighted by Crippen LogP contribution is -2.53. The highest BCUT2D eigenvalue weighted by atomic mass is 16.3. The molecule has 4 heterocycles. The summed E-state index contributed by atoms with van der Waals surface area (Å²) in [5.74, 6) is 1.95. The van der Waals surface area contributed by atoms with E-state index in [9.17, 15) is 9.90 Å². The summed E-state index contributed by atoms with van der Waals surface area (Å²) in [6.07, 6.45) is 8.49. The number of aryl methyl sites for hydroxylation is 1. The van der Waals surface area contributed by atoms with Crippen LogP contribution in [0, 0.1) is 0 Å². The van der Waals surface area contributed by atoms with Crippen LogP contribution in [0.5, 0.6) is 0 Å². The number of nitrogens with zero attached hydrogens (tertiary/aromatic N) is 6. The van der Waals surface area contributed by atoms with Gasteiger partial charge in [-0.1, -0.05) is 0 Å². The largest absolute Gasteiger partial charge is 0.391 e. The van der Waals surface area contributed by atoms with Gasteiger partial charge in [-0.3, -0.25) is 9.69 Å². The first-order valence-electron chi connectivity index (χ1n) is 13.5. The molecule has 3 N–H and O–H groups in total. The Morgan fingerprint density at radius 2 is 1.94 bits per heavy atom. The number of nitrogens with one attached hydrogen (secondary N) is 2. The Morgan fingerprint density at radius 1 is 1.11 bits per heavy atom. The number of anilines is 3. The Labute approximate surface area is 213 Å². The van der Waals surface area contributed by atoms with E-state index in [1.165, 1.54) is 0 Å². The molecule has 1 amide bonds. The predicted octanol–water partition coefficient (Wildman–Crippen LogP) is 2.41. The molecule has 10 nitrogen and oxygen atoms in total. The molecular formula is C26H40N8O2. The lowest BCUT2D eigenvalue weighted by Gasteiger charge is -2.36. The van der Waals surface area contributed by atoms with E-state index in [1.54, 1.807) is 0 Å². The fourth-order valence-electron chi connectivity index (χ4n) is 5.63. The van der Waals surface area contributed by atoms with Crippen molar-refractivity contribution < 1.29 is 9.90 Å². The van der Waals surface area contributed by atoms with Crippen molar-refractivity contribution in [3.63, 3.8) is 0 Å². The van der Waals surface area contributed by atoms with Gasteiger partial charge < -0.3 is 25.2 Å². The van der Waals surface area contributed by atoms with E-state index < -0.39 is 12.1 Å². The number of hydrogen-bond acceptors (Lipinski definition) is 8. The Hall–Kier alpha value is -2.72. The minimum absolute atomic E-state index is 0.0450. The fraction of sp³-hybridized carbons (Fsp3) is 0.692. The van der Waals surface area contributed by atoms with E-state index >= 15 is 0 Å². The van der Waals surface area contributed by atoms with Gasteiger partial charge in [0.05, 0.1) is 18.1 Å². The number of imidazole rings is 1. The molecule has 1 aliphatic carbocycles. The Balaban J connectivity index is 1.36. The molecule has 0 aromatic carbocycles. The van der Waals surface area contributed by atoms with Gasteiger partial charge >= 0.3 is 0 Å². The molecule has 10 heteroatoms. The summed E-state index contributed by atoms with van der Waals surface area (Å²) < 4.78 is 2.05. The summed E-state index contributed by atoms with van der Waals surface area (Å²) >= 11 is 0. The number of aliphatic hydroxyl groups is 1. The lowest BCUT2D eigenvalue weighted by molar-refractivity contribution is -0.123. The van der Waals surface area contributed by atoms with E-state index in [0.717, 1.165) is 68.1 Å². The Bertz CT molecular complexity index is 1080. The molecule has 2 aliphatic heterocycles. The highest BCUT2D eigenvalue weighted by Gasteiger charge is 2.39. The second-order valence-corrected chi connectivity index (χ2v) is 11.1. The summed E-state index contributed by atoms with van der Waals surface area (Å²) in [5.41, 5.74) is 2.14. The van der Waals surface area contributed by atoms with Crippen molar-refractivity contribution in [2.75, 3.05) is 29.9 Å². The Morgan fingerprint density at radius 3 is 2.69 bits per heavy atom. The van der Waals surface area contributed by atoms with Crippen LogP contribution in [0.1, 0.15) is 70.7 Å². The van der Waals surface area contributed by atoms with Crippen LogP contribution in [0.3, 0.4) is 0 Å². The average Bonchev–Trinajstić information content (AvgIpc) is 3.58. The zero-order chi connectivity index (χ0) is 25.4. The van der Waals surface area contributed by atoms with Gasteiger partial charge in [-0.15, -0.1) is 0 Å². The fourth-order valence-corrected chi connectivity index (χ4v) is 5.63. The normalized spacial score (nSPS) is 24.5. The maximum Gasteiger partial charge on any atom is 0.243 e. The van der Waals surface area contributed by atoms with Crippen LogP contribution in [-0.4, -0.2) is 79.3 Å². The zero-order valence-electron chi connectivity index (χ0n) is 21.9. The number of aromatic nitrogens is 4. The molecule has 3 aliphatic rings. The van der Waals surface area contributed by atoms with Gasteiger partial charge in [0, 0.05) is 49.4 Å². The minimum atomic E-state index is -0.589. The molecule has 2 aromatic rings. The zero-order valence-corrected chi connectivity index (χ0v) is 21.9. The van der Waals surface area contributed by atoms with Gasteiger partial charge in [0.15, 0.2) is 0 Å². The SMILES string of the molecule is CC(C)N1CCCC(NC(=O)[C@H]2C[C@H](O)CN2c2nc3c(c(Nc4cn(C(C)C)cn4)n2)CCC3)C1. The topological polar surface area (TPSA) is 111 Å². The minimum Gasteiger partial charge on any atom is -0.391 e. The molecule has 3 atom stereocenters. The number of amides is 1. The third-order valence-corrected chi connectivity index (χ3v) is 7.73. The predicted molar refractivity (Wildman–Crippen MR) is 140 cm³/mol. The second kappa shape index (κ2) is 10.3. The van der Waals surface area contributed by atoms with Crippen LogP contribution >= 0.6 is 0 Å². The first-order chi connectivity index (χ1) is 17.3. The molecule has 36 heavy (non-hydrogen) atoms. The molecule has 2 aromatic heterocycles. The number of aliphatic hydroxyl groups excluding tert-OH is 1. The maximum absolute atomic E-state index is 13.4. The smallest absolute Gasteiger partial charge is 0.243 e. The molecule has 1 unspecified atom stereocenters. The number of piperidine rings is 1. The summed E-state index contributed by atoms with van der Waals surface area (Å²) in [4.78, 5) is 32.0. The van der Waals surface area contributed by atoms with Crippen molar-refractivity contribution in [1.82, 2.24) is 29.7 Å². The average molecular weight is 497 g/mol. The van der Waals surface area contributed by atoms with Crippen LogP contribution in [0.15, 0.2) is 12.5 Å². The van der Waals surface area contributed by atoms with E-state index in [4.69, 9.17) is 9.97 Å². The summed E-state index contributed by atoms with van der Waals surface area (Å²) in [6, 6.07) is 0.429. The summed E-state index contributed by atoms with van der Waals surface area (Å²) in [5, 5.41) is 17.2. The van der Waals surface area contributed by atoms with Gasteiger partial charge in [0.25, 0.3) is 0 Å². The van der Waals surface area contributed by atoms with Gasteiger partial charge in [-0.05, 0) is 66.3 Å². The number of likely N-dealkylation sites (tertiary alicyclic amines) is 1. The molecule has 0 radical (unpaired) electrons. The van der Waals surface area contributed by atoms with Gasteiger partial charge in [0.2, 0.25) is 11.9 Å². The summed E-state index contributed by atoms with van der Waals surface area (Å²) in [7, 11) is 0. The number of rotatable bonds is 7. The van der Waals surface area contributed by atoms with E-state index in [2.05, 4.69) is 48.2 Å². The van der Waals surface area contributed by atoms with Crippen LogP contribution in [0.2, 0.25) is 0 Å². The number of carbonyl (C=O) groups excluding carboxylic acids is 1. The molecule has 2 fully saturated rings. The van der Waals surface area contributed by atoms with E-state index in [-0.39, 0.29) is 11.9 Å². The van der Waals surface area contributed by atoms with E-state index in [1.807, 2.05) is 22.0 Å². The molecular weight excluding hydrogens is 456 g/mol. The molecule has 5 rings (SSSR count). The highest BCUT2D eigenvalue weighted by Crippen LogP contribution is 2.32. The van der Waals surface area contributed by atoms with Crippen molar-refractivity contribution in [2.24, 2.45) is 0 Å². The number of carbonyl (C=O) groups is 1. The van der Waals surface area contributed by atoms with Crippen molar-refractivity contribution in [3.8, 4) is 0 Å². The third kappa shape index (κ3) is 5.20. The molecule has 0 saturated carbocycles. The van der Waals surface area contributed by atoms with Crippen LogP contribution in [0.4, 0.5) is 17.6 Å². The van der Waals surface area contributed by atoms with E-state index in [0.29, 0.717) is 31.0 Å². The first-order valence-corrected chi connectivity index (χ1v) is 13.5. The van der Waals surface area contributed by atoms with Gasteiger partial charge in [0.1, 0.15) is 17.7 Å². The third-order valence-electron chi connectivity index (χ3n) is 7.73. The standard InChI is InChI=1S/C26H40N8O2/c1-16(2)32-10-6-7-18(12-32)28-25(36)22-11-19(35)13-34(22)26-29-21-9-5-8-20(21)24(31-26)30-23-14-33(15-27-23)17(3)4/h14-19,22,35H,5-13H2,1-4H3,(H,28,36)(H,29,30,31)/t18?,19-,22+/m0/s1. The first kappa shape index (κ1) is 25.0. The van der Waals surface area contributed by atoms with Crippen molar-refractivity contribution in [3.05, 3.63) is 23.8 Å². The second-order valence-electron chi connectivity index (χ2n) is 11.1. The Kier molecular flexibility index (Phi) is 7.16. The monoisotopic (exact) mass is 496 g/mol. The molecule has 196 valence electrons. The van der Waals surface area contributed by atoms with Gasteiger partial charge in [-0.25, -0.2) is 9.97 Å². The molecule has 2 saturated heterocycles.